The number of methoxy groups -OCH3 is 2. The van der Waals surface area contributed by atoms with Gasteiger partial charge < -0.3 is 14.4 Å². The summed E-state index contributed by atoms with van der Waals surface area (Å²) in [6.45, 7) is 1.03. The van der Waals surface area contributed by atoms with E-state index in [0.29, 0.717) is 37.4 Å². The van der Waals surface area contributed by atoms with Gasteiger partial charge in [-0.25, -0.2) is 9.79 Å². The van der Waals surface area contributed by atoms with Crippen LogP contribution in [0, 0.1) is 0 Å². The molecule has 2 aromatic carbocycles. The van der Waals surface area contributed by atoms with Crippen molar-refractivity contribution in [3.63, 3.8) is 0 Å². The molecule has 10 nitrogen and oxygen atoms in total. The summed E-state index contributed by atoms with van der Waals surface area (Å²) in [4.78, 5) is 13.4. The van der Waals surface area contributed by atoms with Crippen LogP contribution in [0.15, 0.2) is 48.5 Å². The van der Waals surface area contributed by atoms with Crippen molar-refractivity contribution in [1.29, 1.82) is 0 Å². The number of nitrogens with zero attached hydrogens (tertiary/aromatic N) is 2. The van der Waals surface area contributed by atoms with E-state index < -0.39 is 22.3 Å². The predicted octanol–water partition coefficient (Wildman–Crippen LogP) is 2.50. The van der Waals surface area contributed by atoms with E-state index in [1.54, 1.807) is 23.7 Å². The molecule has 1 aliphatic rings. The van der Waals surface area contributed by atoms with Crippen molar-refractivity contribution in [1.82, 2.24) is 5.48 Å². The molecule has 1 aliphatic heterocycles. The number of ether oxygens (including phenoxy) is 2. The minimum absolute atomic E-state index is 0.205. The molecule has 0 atom stereocenters. The van der Waals surface area contributed by atoms with Crippen LogP contribution in [0.25, 0.3) is 6.08 Å². The Labute approximate surface area is 192 Å². The molecule has 0 saturated carbocycles. The molecule has 178 valence electrons. The topological polar surface area (TPSA) is 129 Å². The van der Waals surface area contributed by atoms with Gasteiger partial charge in [0.2, 0.25) is 0 Å². The van der Waals surface area contributed by atoms with E-state index in [9.17, 15) is 17.8 Å². The van der Waals surface area contributed by atoms with Crippen molar-refractivity contribution < 1.29 is 32.4 Å². The van der Waals surface area contributed by atoms with E-state index in [1.807, 2.05) is 24.3 Å². The van der Waals surface area contributed by atoms with E-state index in [4.69, 9.17) is 14.7 Å². The van der Waals surface area contributed by atoms with Gasteiger partial charge in [0.25, 0.3) is 5.91 Å². The standard InChI is InChI=1S/C22H27N3O7S/c1-31-18-8-9-21(32-2)20(15-18)25(33(28,29)30)17-11-13-24(14-12-17)19-6-4-3-5-16(19)7-10-22(26)23-27/h3-10,15,17,27H,11-14H2,1-2H3,(H,23,26)(H,28,29,30)/b10-7+. The normalized spacial score (nSPS) is 14.8. The lowest BCUT2D eigenvalue weighted by Crippen LogP contribution is -2.47. The fraction of sp³-hybridized carbons (Fsp3) is 0.318. The smallest absolute Gasteiger partial charge is 0.360 e. The number of nitrogens with one attached hydrogen (secondary N) is 1. The number of piperidine rings is 1. The first-order valence-electron chi connectivity index (χ1n) is 10.2. The lowest BCUT2D eigenvalue weighted by atomic mass is 10.0. The Morgan fingerprint density at radius 3 is 2.45 bits per heavy atom. The number of hydrogen-bond donors (Lipinski definition) is 3. The van der Waals surface area contributed by atoms with Crippen LogP contribution in [-0.4, -0.2) is 57.4 Å². The van der Waals surface area contributed by atoms with Gasteiger partial charge in [0, 0.05) is 30.9 Å². The molecular weight excluding hydrogens is 450 g/mol. The Balaban J connectivity index is 1.85. The average molecular weight is 478 g/mol. The molecule has 0 spiro atoms. The first-order valence-corrected chi connectivity index (χ1v) is 11.6. The average Bonchev–Trinajstić information content (AvgIpc) is 2.82. The van der Waals surface area contributed by atoms with Gasteiger partial charge in [-0.3, -0.25) is 14.6 Å². The maximum Gasteiger partial charge on any atom is 0.360 e. The fourth-order valence-electron chi connectivity index (χ4n) is 3.94. The van der Waals surface area contributed by atoms with E-state index in [2.05, 4.69) is 4.90 Å². The van der Waals surface area contributed by atoms with Crippen molar-refractivity contribution in [2.45, 2.75) is 18.9 Å². The molecule has 2 aromatic rings. The molecule has 0 radical (unpaired) electrons. The number of amides is 1. The number of rotatable bonds is 8. The maximum absolute atomic E-state index is 12.4. The highest BCUT2D eigenvalue weighted by molar-refractivity contribution is 7.87. The van der Waals surface area contributed by atoms with Gasteiger partial charge in [-0.05, 0) is 42.7 Å². The summed E-state index contributed by atoms with van der Waals surface area (Å²) in [5.41, 5.74) is 3.41. The first kappa shape index (κ1) is 24.4. The zero-order valence-corrected chi connectivity index (χ0v) is 19.2. The van der Waals surface area contributed by atoms with Crippen LogP contribution in [-0.2, 0) is 15.1 Å². The number of carbonyl (C=O) groups excluding carboxylic acids is 1. The lowest BCUT2D eigenvalue weighted by molar-refractivity contribution is -0.124. The molecule has 1 fully saturated rings. The highest BCUT2D eigenvalue weighted by atomic mass is 32.2. The van der Waals surface area contributed by atoms with Crippen molar-refractivity contribution in [3.8, 4) is 11.5 Å². The molecule has 0 aromatic heterocycles. The number of carbonyl (C=O) groups is 1. The minimum Gasteiger partial charge on any atom is -0.497 e. The third-order valence-corrected chi connectivity index (χ3v) is 6.46. The minimum atomic E-state index is -4.59. The van der Waals surface area contributed by atoms with Gasteiger partial charge in [-0.15, -0.1) is 0 Å². The molecule has 1 heterocycles. The second-order valence-electron chi connectivity index (χ2n) is 7.40. The molecule has 1 saturated heterocycles. The van der Waals surface area contributed by atoms with E-state index in [1.165, 1.54) is 26.4 Å². The number of benzene rings is 2. The number of hydroxylamine groups is 1. The third kappa shape index (κ3) is 5.75. The summed E-state index contributed by atoms with van der Waals surface area (Å²) >= 11 is 0. The van der Waals surface area contributed by atoms with Gasteiger partial charge in [0.1, 0.15) is 11.5 Å². The molecular formula is C22H27N3O7S. The Hall–Kier alpha value is -3.28. The van der Waals surface area contributed by atoms with Crippen LogP contribution >= 0.6 is 0 Å². The fourth-order valence-corrected chi connectivity index (χ4v) is 4.92. The second-order valence-corrected chi connectivity index (χ2v) is 8.69. The van der Waals surface area contributed by atoms with Gasteiger partial charge in [0.05, 0.1) is 25.9 Å². The van der Waals surface area contributed by atoms with Crippen molar-refractivity contribution in [2.24, 2.45) is 0 Å². The van der Waals surface area contributed by atoms with Gasteiger partial charge in [-0.2, -0.15) is 8.42 Å². The summed E-state index contributed by atoms with van der Waals surface area (Å²) in [7, 11) is -1.69. The largest absolute Gasteiger partial charge is 0.497 e. The van der Waals surface area contributed by atoms with Crippen LogP contribution in [0.4, 0.5) is 11.4 Å². The molecule has 33 heavy (non-hydrogen) atoms. The Bertz CT molecular complexity index is 1110. The van der Waals surface area contributed by atoms with Gasteiger partial charge in [0.15, 0.2) is 0 Å². The Morgan fingerprint density at radius 1 is 1.15 bits per heavy atom. The molecule has 3 N–H and O–H groups in total. The van der Waals surface area contributed by atoms with Crippen LogP contribution in [0.2, 0.25) is 0 Å². The Morgan fingerprint density at radius 2 is 1.85 bits per heavy atom. The molecule has 0 bridgehead atoms. The predicted molar refractivity (Wildman–Crippen MR) is 124 cm³/mol. The summed E-state index contributed by atoms with van der Waals surface area (Å²) in [5, 5.41) is 8.69. The molecule has 3 rings (SSSR count). The number of para-hydroxylation sites is 1. The van der Waals surface area contributed by atoms with E-state index >= 15 is 0 Å². The number of anilines is 2. The molecule has 1 amide bonds. The maximum atomic E-state index is 12.4. The molecule has 0 aliphatic carbocycles. The van der Waals surface area contributed by atoms with Crippen LogP contribution in [0.1, 0.15) is 18.4 Å². The van der Waals surface area contributed by atoms with Gasteiger partial charge >= 0.3 is 10.3 Å². The monoisotopic (exact) mass is 477 g/mol. The first-order chi connectivity index (χ1) is 15.8. The van der Waals surface area contributed by atoms with Gasteiger partial charge in [-0.1, -0.05) is 18.2 Å². The summed E-state index contributed by atoms with van der Waals surface area (Å²) < 4.78 is 46.4. The van der Waals surface area contributed by atoms with Crippen LogP contribution < -0.4 is 24.2 Å². The summed E-state index contributed by atoms with van der Waals surface area (Å²) in [5.74, 6) is 0.0950. The third-order valence-electron chi connectivity index (χ3n) is 5.47. The van der Waals surface area contributed by atoms with Crippen LogP contribution in [0.3, 0.4) is 0 Å². The molecule has 11 heteroatoms. The lowest BCUT2D eigenvalue weighted by Gasteiger charge is -2.39. The highest BCUT2D eigenvalue weighted by Crippen LogP contribution is 2.37. The highest BCUT2D eigenvalue weighted by Gasteiger charge is 2.34. The second kappa shape index (κ2) is 10.6. The van der Waals surface area contributed by atoms with Crippen LogP contribution in [0.5, 0.6) is 11.5 Å². The molecule has 0 unspecified atom stereocenters. The van der Waals surface area contributed by atoms with E-state index in [-0.39, 0.29) is 5.69 Å². The van der Waals surface area contributed by atoms with Crippen molar-refractivity contribution >= 4 is 33.7 Å². The van der Waals surface area contributed by atoms with E-state index in [0.717, 1.165) is 15.6 Å². The summed E-state index contributed by atoms with van der Waals surface area (Å²) in [6.07, 6.45) is 3.70. The van der Waals surface area contributed by atoms with Crippen molar-refractivity contribution in [2.75, 3.05) is 36.5 Å². The quantitative estimate of drug-likeness (QED) is 0.229. The zero-order valence-electron chi connectivity index (χ0n) is 18.3. The Kier molecular flexibility index (Phi) is 7.79. The number of hydrogen-bond acceptors (Lipinski definition) is 7. The summed E-state index contributed by atoms with van der Waals surface area (Å²) in [6, 6.07) is 11.7. The zero-order chi connectivity index (χ0) is 24.0. The van der Waals surface area contributed by atoms with Crippen molar-refractivity contribution in [3.05, 3.63) is 54.1 Å². The SMILES string of the molecule is COc1ccc(OC)c(N(C2CCN(c3ccccc3/C=C/C(=O)NO)CC2)S(=O)(=O)O)c1.